The van der Waals surface area contributed by atoms with Gasteiger partial charge < -0.3 is 10.0 Å². The lowest BCUT2D eigenvalue weighted by atomic mass is 10.1. The summed E-state index contributed by atoms with van der Waals surface area (Å²) in [6.45, 7) is 0. The first-order chi connectivity index (χ1) is 8.38. The molecule has 2 rings (SSSR count). The second-order valence-corrected chi connectivity index (χ2v) is 4.35. The first kappa shape index (κ1) is 12.5. The summed E-state index contributed by atoms with van der Waals surface area (Å²) in [5.41, 5.74) is -1.26. The molecule has 0 radical (unpaired) electrons. The van der Waals surface area contributed by atoms with E-state index in [1.165, 1.54) is 13.1 Å². The molecule has 6 heteroatoms. The first-order valence-corrected chi connectivity index (χ1v) is 5.35. The monoisotopic (exact) mass is 255 g/mol. The van der Waals surface area contributed by atoms with Crippen LogP contribution in [0.1, 0.15) is 12.8 Å². The largest absolute Gasteiger partial charge is 0.480 e. The minimum Gasteiger partial charge on any atom is -0.480 e. The van der Waals surface area contributed by atoms with E-state index in [0.717, 1.165) is 17.0 Å². The lowest BCUT2D eigenvalue weighted by Crippen LogP contribution is -2.38. The molecule has 1 aromatic carbocycles. The summed E-state index contributed by atoms with van der Waals surface area (Å²) in [5, 5.41) is 8.99. The summed E-state index contributed by atoms with van der Waals surface area (Å²) < 4.78 is 25.8. The van der Waals surface area contributed by atoms with Gasteiger partial charge in [0, 0.05) is 18.8 Å². The number of carboxylic acids is 1. The quantitative estimate of drug-likeness (QED) is 0.838. The molecule has 1 amide bonds. The number of halogens is 2. The van der Waals surface area contributed by atoms with Crippen molar-refractivity contribution in [3.8, 4) is 0 Å². The second kappa shape index (κ2) is 4.04. The first-order valence-electron chi connectivity index (χ1n) is 5.35. The molecule has 0 atom stereocenters. The summed E-state index contributed by atoms with van der Waals surface area (Å²) in [4.78, 5) is 24.0. The van der Waals surface area contributed by atoms with Crippen LogP contribution < -0.4 is 4.90 Å². The summed E-state index contributed by atoms with van der Waals surface area (Å²) in [6, 6.07) is 2.99. The number of nitrogens with zero attached hydrogens (tertiary/aromatic N) is 1. The zero-order valence-electron chi connectivity index (χ0n) is 9.61. The van der Waals surface area contributed by atoms with Gasteiger partial charge in [-0.25, -0.2) is 8.78 Å². The lowest BCUT2D eigenvalue weighted by Gasteiger charge is -2.21. The van der Waals surface area contributed by atoms with Crippen LogP contribution in [0.5, 0.6) is 0 Å². The van der Waals surface area contributed by atoms with E-state index in [1.807, 2.05) is 0 Å². The Morgan fingerprint density at radius 1 is 1.28 bits per heavy atom. The zero-order chi connectivity index (χ0) is 13.5. The molecule has 1 fully saturated rings. The van der Waals surface area contributed by atoms with Crippen LogP contribution in [-0.2, 0) is 9.59 Å². The van der Waals surface area contributed by atoms with E-state index >= 15 is 0 Å². The topological polar surface area (TPSA) is 57.6 Å². The fraction of sp³-hybridized carbons (Fsp3) is 0.333. The van der Waals surface area contributed by atoms with E-state index in [4.69, 9.17) is 5.11 Å². The van der Waals surface area contributed by atoms with Crippen molar-refractivity contribution in [2.24, 2.45) is 5.41 Å². The van der Waals surface area contributed by atoms with E-state index in [-0.39, 0.29) is 18.5 Å². The van der Waals surface area contributed by atoms with Gasteiger partial charge in [0.2, 0.25) is 5.91 Å². The Kier molecular flexibility index (Phi) is 2.80. The van der Waals surface area contributed by atoms with E-state index in [2.05, 4.69) is 0 Å². The highest BCUT2D eigenvalue weighted by molar-refractivity contribution is 6.11. The van der Waals surface area contributed by atoms with Crippen LogP contribution >= 0.6 is 0 Å². The zero-order valence-corrected chi connectivity index (χ0v) is 9.61. The number of aliphatic carboxylic acids is 1. The summed E-state index contributed by atoms with van der Waals surface area (Å²) in [6.07, 6.45) is 0.546. The molecule has 1 N–H and O–H groups in total. The molecule has 0 heterocycles. The third kappa shape index (κ3) is 1.83. The van der Waals surface area contributed by atoms with Gasteiger partial charge in [-0.15, -0.1) is 0 Å². The van der Waals surface area contributed by atoms with Gasteiger partial charge in [0.05, 0.1) is 0 Å². The maximum atomic E-state index is 13.0. The number of anilines is 1. The average molecular weight is 255 g/mol. The molecule has 1 aliphatic rings. The summed E-state index contributed by atoms with van der Waals surface area (Å²) in [7, 11) is 1.35. The van der Waals surface area contributed by atoms with Crippen LogP contribution in [0.25, 0.3) is 0 Å². The van der Waals surface area contributed by atoms with Gasteiger partial charge in [0.25, 0.3) is 0 Å². The number of hydrogen-bond donors (Lipinski definition) is 1. The fourth-order valence-corrected chi connectivity index (χ4v) is 1.78. The smallest absolute Gasteiger partial charge is 0.319 e. The maximum Gasteiger partial charge on any atom is 0.319 e. The Morgan fingerprint density at radius 2 is 1.89 bits per heavy atom. The molecular formula is C12H11F2NO3. The van der Waals surface area contributed by atoms with Crippen molar-refractivity contribution in [2.45, 2.75) is 12.8 Å². The van der Waals surface area contributed by atoms with Gasteiger partial charge >= 0.3 is 5.97 Å². The standard InChI is InChI=1S/C12H11F2NO3/c1-15(7-2-3-8(13)9(14)6-7)10(16)12(4-5-12)11(17)18/h2-3,6H,4-5H2,1H3,(H,17,18). The van der Waals surface area contributed by atoms with Crippen molar-refractivity contribution in [3.63, 3.8) is 0 Å². The molecule has 0 spiro atoms. The normalized spacial score (nSPS) is 16.2. The highest BCUT2D eigenvalue weighted by Crippen LogP contribution is 2.47. The molecule has 1 aliphatic carbocycles. The number of hydrogen-bond acceptors (Lipinski definition) is 2. The Labute approximate surface area is 102 Å². The molecule has 0 unspecified atom stereocenters. The van der Waals surface area contributed by atoms with Crippen LogP contribution in [0, 0.1) is 17.0 Å². The van der Waals surface area contributed by atoms with Gasteiger partial charge in [0.15, 0.2) is 11.6 Å². The number of benzene rings is 1. The predicted octanol–water partition coefficient (Wildman–Crippen LogP) is 1.79. The van der Waals surface area contributed by atoms with Crippen molar-refractivity contribution in [1.29, 1.82) is 0 Å². The number of carbonyl (C=O) groups excluding carboxylic acids is 1. The molecule has 18 heavy (non-hydrogen) atoms. The van der Waals surface area contributed by atoms with Crippen molar-refractivity contribution in [1.82, 2.24) is 0 Å². The molecule has 1 saturated carbocycles. The SMILES string of the molecule is CN(C(=O)C1(C(=O)O)CC1)c1ccc(F)c(F)c1. The lowest BCUT2D eigenvalue weighted by molar-refractivity contribution is -0.148. The molecule has 0 bridgehead atoms. The molecule has 1 aromatic rings. The maximum absolute atomic E-state index is 13.0. The molecule has 0 aliphatic heterocycles. The molecule has 0 aromatic heterocycles. The average Bonchev–Trinajstić information content (AvgIpc) is 3.12. The second-order valence-electron chi connectivity index (χ2n) is 4.35. The number of carboxylic acid groups (broad SMARTS) is 1. The number of rotatable bonds is 3. The Morgan fingerprint density at radius 3 is 2.33 bits per heavy atom. The van der Waals surface area contributed by atoms with Crippen LogP contribution in [0.2, 0.25) is 0 Å². The third-order valence-corrected chi connectivity index (χ3v) is 3.16. The van der Waals surface area contributed by atoms with E-state index in [9.17, 15) is 18.4 Å². The highest BCUT2D eigenvalue weighted by atomic mass is 19.2. The van der Waals surface area contributed by atoms with Crippen molar-refractivity contribution >= 4 is 17.6 Å². The van der Waals surface area contributed by atoms with E-state index in [0.29, 0.717) is 0 Å². The van der Waals surface area contributed by atoms with Crippen molar-refractivity contribution in [2.75, 3.05) is 11.9 Å². The predicted molar refractivity (Wildman–Crippen MR) is 59.1 cm³/mol. The Balaban J connectivity index is 2.26. The third-order valence-electron chi connectivity index (χ3n) is 3.16. The Hall–Kier alpha value is -1.98. The summed E-state index contributed by atoms with van der Waals surface area (Å²) in [5.74, 6) is -3.88. The molecule has 4 nitrogen and oxygen atoms in total. The minimum atomic E-state index is -1.39. The number of amides is 1. The van der Waals surface area contributed by atoms with Gasteiger partial charge in [-0.3, -0.25) is 9.59 Å². The van der Waals surface area contributed by atoms with Crippen molar-refractivity contribution in [3.05, 3.63) is 29.8 Å². The van der Waals surface area contributed by atoms with Gasteiger partial charge in [-0.2, -0.15) is 0 Å². The van der Waals surface area contributed by atoms with Gasteiger partial charge in [-0.1, -0.05) is 0 Å². The summed E-state index contributed by atoms with van der Waals surface area (Å²) >= 11 is 0. The van der Waals surface area contributed by atoms with Crippen LogP contribution in [0.3, 0.4) is 0 Å². The van der Waals surface area contributed by atoms with Gasteiger partial charge in [0.1, 0.15) is 5.41 Å². The molecule has 0 saturated heterocycles. The number of carbonyl (C=O) groups is 2. The van der Waals surface area contributed by atoms with E-state index in [1.54, 1.807) is 0 Å². The van der Waals surface area contributed by atoms with Crippen LogP contribution in [0.15, 0.2) is 18.2 Å². The van der Waals surface area contributed by atoms with Crippen molar-refractivity contribution < 1.29 is 23.5 Å². The van der Waals surface area contributed by atoms with Crippen LogP contribution in [0.4, 0.5) is 14.5 Å². The Bertz CT molecular complexity index is 526. The van der Waals surface area contributed by atoms with E-state index < -0.39 is 28.9 Å². The van der Waals surface area contributed by atoms with Crippen LogP contribution in [-0.4, -0.2) is 24.0 Å². The van der Waals surface area contributed by atoms with Gasteiger partial charge in [-0.05, 0) is 25.0 Å². The molecular weight excluding hydrogens is 244 g/mol. The highest BCUT2D eigenvalue weighted by Gasteiger charge is 2.58. The fourth-order valence-electron chi connectivity index (χ4n) is 1.78. The molecule has 96 valence electrons. The minimum absolute atomic E-state index is 0.131.